The fourth-order valence-electron chi connectivity index (χ4n) is 1.27. The Morgan fingerprint density at radius 1 is 1.33 bits per heavy atom. The second kappa shape index (κ2) is 5.22. The van der Waals surface area contributed by atoms with E-state index in [4.69, 9.17) is 10.2 Å². The van der Waals surface area contributed by atoms with E-state index in [0.29, 0.717) is 6.42 Å². The van der Waals surface area contributed by atoms with E-state index < -0.39 is 16.3 Å². The predicted molar refractivity (Wildman–Crippen MR) is 57.3 cm³/mol. The van der Waals surface area contributed by atoms with E-state index in [0.717, 1.165) is 5.56 Å². The molecule has 1 atom stereocenters. The Balaban J connectivity index is 2.63. The highest BCUT2D eigenvalue weighted by molar-refractivity contribution is 7.87. The van der Waals surface area contributed by atoms with Gasteiger partial charge in [0.2, 0.25) is 0 Å². The summed E-state index contributed by atoms with van der Waals surface area (Å²) in [5, 5.41) is 13.8. The highest BCUT2D eigenvalue weighted by atomic mass is 32.2. The first-order chi connectivity index (χ1) is 7.01. The molecule has 0 saturated carbocycles. The topological polar surface area (TPSA) is 92.4 Å². The third-order valence-electron chi connectivity index (χ3n) is 1.88. The summed E-state index contributed by atoms with van der Waals surface area (Å²) in [4.78, 5) is 0. The smallest absolute Gasteiger partial charge is 0.274 e. The first-order valence-corrected chi connectivity index (χ1v) is 6.01. The molecular weight excluding hydrogens is 216 g/mol. The number of benzene rings is 1. The quantitative estimate of drug-likeness (QED) is 0.629. The van der Waals surface area contributed by atoms with Gasteiger partial charge in [0.05, 0.1) is 12.6 Å². The third kappa shape index (κ3) is 4.89. The molecule has 0 heterocycles. The molecule has 0 radical (unpaired) electrons. The van der Waals surface area contributed by atoms with Crippen LogP contribution in [0.5, 0.6) is 0 Å². The number of aliphatic hydroxyl groups excluding tert-OH is 1. The minimum Gasteiger partial charge on any atom is -0.395 e. The van der Waals surface area contributed by atoms with Gasteiger partial charge in [0.1, 0.15) is 0 Å². The lowest BCUT2D eigenvalue weighted by Gasteiger charge is -2.14. The monoisotopic (exact) mass is 230 g/mol. The van der Waals surface area contributed by atoms with Crippen molar-refractivity contribution >= 4 is 10.2 Å². The first-order valence-electron chi connectivity index (χ1n) is 4.46. The molecule has 1 rings (SSSR count). The van der Waals surface area contributed by atoms with Crippen molar-refractivity contribution in [2.75, 3.05) is 6.61 Å². The second-order valence-corrected chi connectivity index (χ2v) is 4.56. The van der Waals surface area contributed by atoms with E-state index in [-0.39, 0.29) is 6.61 Å². The van der Waals surface area contributed by atoms with Crippen LogP contribution in [0.25, 0.3) is 0 Å². The molecule has 0 aliphatic heterocycles. The van der Waals surface area contributed by atoms with Crippen LogP contribution in [0, 0.1) is 0 Å². The summed E-state index contributed by atoms with van der Waals surface area (Å²) >= 11 is 0. The molecule has 0 bridgehead atoms. The van der Waals surface area contributed by atoms with Crippen LogP contribution in [0.2, 0.25) is 0 Å². The van der Waals surface area contributed by atoms with Gasteiger partial charge in [-0.25, -0.2) is 5.14 Å². The fraction of sp³-hybridized carbons (Fsp3) is 0.333. The van der Waals surface area contributed by atoms with Crippen LogP contribution in [-0.2, 0) is 16.6 Å². The second-order valence-electron chi connectivity index (χ2n) is 3.23. The molecule has 0 unspecified atom stereocenters. The van der Waals surface area contributed by atoms with Crippen molar-refractivity contribution in [2.45, 2.75) is 12.5 Å². The van der Waals surface area contributed by atoms with Gasteiger partial charge < -0.3 is 5.11 Å². The van der Waals surface area contributed by atoms with Gasteiger partial charge in [-0.2, -0.15) is 13.1 Å². The lowest BCUT2D eigenvalue weighted by molar-refractivity contribution is 0.256. The third-order valence-corrected chi connectivity index (χ3v) is 2.54. The Morgan fingerprint density at radius 2 is 1.93 bits per heavy atom. The molecule has 0 aliphatic carbocycles. The molecule has 0 amide bonds. The van der Waals surface area contributed by atoms with Crippen molar-refractivity contribution in [1.82, 2.24) is 4.72 Å². The maximum absolute atomic E-state index is 10.7. The van der Waals surface area contributed by atoms with Crippen LogP contribution < -0.4 is 9.86 Å². The number of nitrogens with two attached hydrogens (primary N) is 1. The van der Waals surface area contributed by atoms with Crippen molar-refractivity contribution < 1.29 is 13.5 Å². The molecule has 0 aromatic heterocycles. The molecule has 1 aromatic rings. The average Bonchev–Trinajstić information content (AvgIpc) is 2.16. The molecule has 4 N–H and O–H groups in total. The Labute approximate surface area is 89.1 Å². The van der Waals surface area contributed by atoms with Gasteiger partial charge in [0.25, 0.3) is 10.2 Å². The fourth-order valence-corrected chi connectivity index (χ4v) is 1.90. The SMILES string of the molecule is NS(=O)(=O)N[C@H](CO)Cc1ccccc1. The van der Waals surface area contributed by atoms with Crippen molar-refractivity contribution in [1.29, 1.82) is 0 Å². The van der Waals surface area contributed by atoms with Crippen molar-refractivity contribution in [3.8, 4) is 0 Å². The van der Waals surface area contributed by atoms with E-state index in [1.807, 2.05) is 30.3 Å². The minimum atomic E-state index is -3.77. The van der Waals surface area contributed by atoms with Crippen LogP contribution in [0.15, 0.2) is 30.3 Å². The molecular formula is C9H14N2O3S. The highest BCUT2D eigenvalue weighted by Crippen LogP contribution is 2.03. The highest BCUT2D eigenvalue weighted by Gasteiger charge is 2.13. The van der Waals surface area contributed by atoms with Gasteiger partial charge in [0.15, 0.2) is 0 Å². The molecule has 0 aliphatic rings. The van der Waals surface area contributed by atoms with Gasteiger partial charge in [-0.05, 0) is 12.0 Å². The molecule has 6 heteroatoms. The Bertz CT molecular complexity index is 391. The number of hydrogen-bond donors (Lipinski definition) is 3. The van der Waals surface area contributed by atoms with E-state index in [1.165, 1.54) is 0 Å². The van der Waals surface area contributed by atoms with Crippen LogP contribution in [0.1, 0.15) is 5.56 Å². The Kier molecular flexibility index (Phi) is 4.22. The molecule has 0 saturated heterocycles. The zero-order valence-electron chi connectivity index (χ0n) is 8.13. The van der Waals surface area contributed by atoms with Gasteiger partial charge in [-0.15, -0.1) is 0 Å². The zero-order chi connectivity index (χ0) is 11.3. The number of hydrogen-bond acceptors (Lipinski definition) is 3. The lowest BCUT2D eigenvalue weighted by atomic mass is 10.1. The van der Waals surface area contributed by atoms with Gasteiger partial charge >= 0.3 is 0 Å². The molecule has 0 spiro atoms. The first kappa shape index (κ1) is 12.1. The summed E-state index contributed by atoms with van der Waals surface area (Å²) in [6, 6.07) is 8.69. The Morgan fingerprint density at radius 3 is 2.40 bits per heavy atom. The molecule has 1 aromatic carbocycles. The molecule has 5 nitrogen and oxygen atoms in total. The predicted octanol–water partition coefficient (Wildman–Crippen LogP) is -0.617. The van der Waals surface area contributed by atoms with Crippen molar-refractivity contribution in [3.63, 3.8) is 0 Å². The normalized spacial score (nSPS) is 13.7. The van der Waals surface area contributed by atoms with Gasteiger partial charge in [-0.1, -0.05) is 30.3 Å². The summed E-state index contributed by atoms with van der Waals surface area (Å²) in [5.74, 6) is 0. The van der Waals surface area contributed by atoms with Crippen LogP contribution in [-0.4, -0.2) is 26.2 Å². The lowest BCUT2D eigenvalue weighted by Crippen LogP contribution is -2.42. The van der Waals surface area contributed by atoms with Crippen LogP contribution in [0.3, 0.4) is 0 Å². The molecule has 15 heavy (non-hydrogen) atoms. The summed E-state index contributed by atoms with van der Waals surface area (Å²) in [6.45, 7) is -0.286. The molecule has 84 valence electrons. The molecule has 0 fully saturated rings. The number of aliphatic hydroxyl groups is 1. The largest absolute Gasteiger partial charge is 0.395 e. The minimum absolute atomic E-state index is 0.286. The summed E-state index contributed by atoms with van der Waals surface area (Å²) in [6.07, 6.45) is 0.410. The zero-order valence-corrected chi connectivity index (χ0v) is 8.94. The summed E-state index contributed by atoms with van der Waals surface area (Å²) in [5.41, 5.74) is 0.938. The van der Waals surface area contributed by atoms with Gasteiger partial charge in [-0.3, -0.25) is 0 Å². The van der Waals surface area contributed by atoms with Crippen LogP contribution in [0.4, 0.5) is 0 Å². The maximum atomic E-state index is 10.7. The van der Waals surface area contributed by atoms with Crippen molar-refractivity contribution in [3.05, 3.63) is 35.9 Å². The van der Waals surface area contributed by atoms with Gasteiger partial charge in [0, 0.05) is 0 Å². The number of nitrogens with one attached hydrogen (secondary N) is 1. The summed E-state index contributed by atoms with van der Waals surface area (Å²) < 4.78 is 23.6. The standard InChI is InChI=1S/C9H14N2O3S/c10-15(13,14)11-9(7-12)6-8-4-2-1-3-5-8/h1-5,9,11-12H,6-7H2,(H2,10,13,14)/t9-/m0/s1. The van der Waals surface area contributed by atoms with E-state index in [9.17, 15) is 8.42 Å². The van der Waals surface area contributed by atoms with E-state index in [1.54, 1.807) is 0 Å². The Hall–Kier alpha value is -0.950. The van der Waals surface area contributed by atoms with E-state index in [2.05, 4.69) is 4.72 Å². The summed E-state index contributed by atoms with van der Waals surface area (Å²) in [7, 11) is -3.77. The van der Waals surface area contributed by atoms with Crippen LogP contribution >= 0.6 is 0 Å². The van der Waals surface area contributed by atoms with Crippen molar-refractivity contribution in [2.24, 2.45) is 5.14 Å². The maximum Gasteiger partial charge on any atom is 0.274 e. The van der Waals surface area contributed by atoms with E-state index >= 15 is 0 Å². The average molecular weight is 230 g/mol. The number of rotatable bonds is 5.